The van der Waals surface area contributed by atoms with Crippen LogP contribution < -0.4 is 14.8 Å². The van der Waals surface area contributed by atoms with Crippen LogP contribution >= 0.6 is 45.8 Å². The number of allylic oxidation sites excluding steroid dienone is 1. The number of amides is 2. The Morgan fingerprint density at radius 1 is 1.21 bits per heavy atom. The fourth-order valence-electron chi connectivity index (χ4n) is 4.77. The van der Waals surface area contributed by atoms with Crippen molar-refractivity contribution in [1.82, 2.24) is 10.2 Å². The number of carbonyl (C=O) groups excluding carboxylic acids is 3. The van der Waals surface area contributed by atoms with E-state index in [9.17, 15) is 24.6 Å². The zero-order chi connectivity index (χ0) is 31.5. The molecule has 0 bridgehead atoms. The van der Waals surface area contributed by atoms with Crippen molar-refractivity contribution in [3.8, 4) is 11.5 Å². The highest BCUT2D eigenvalue weighted by Crippen LogP contribution is 2.37. The van der Waals surface area contributed by atoms with E-state index < -0.39 is 24.2 Å². The molecule has 0 aromatic heterocycles. The molecule has 43 heavy (non-hydrogen) atoms. The molecule has 3 unspecified atom stereocenters. The molecular weight excluding hydrogens is 710 g/mol. The average molecular weight is 745 g/mol. The van der Waals surface area contributed by atoms with Gasteiger partial charge in [-0.15, -0.1) is 6.58 Å². The van der Waals surface area contributed by atoms with Crippen LogP contribution in [-0.2, 0) is 16.1 Å². The Morgan fingerprint density at radius 3 is 2.63 bits per heavy atom. The third kappa shape index (κ3) is 9.42. The highest BCUT2D eigenvalue weighted by Gasteiger charge is 2.41. The first-order valence-corrected chi connectivity index (χ1v) is 15.6. The lowest BCUT2D eigenvalue weighted by Gasteiger charge is -2.41. The Balaban J connectivity index is 2.04. The quantitative estimate of drug-likeness (QED) is 0.100. The van der Waals surface area contributed by atoms with Gasteiger partial charge in [0.2, 0.25) is 11.8 Å². The minimum absolute atomic E-state index is 0.0308. The number of ether oxygens (including phenoxy) is 2. The minimum Gasteiger partial charge on any atom is -0.493 e. The van der Waals surface area contributed by atoms with Gasteiger partial charge < -0.3 is 29.9 Å². The third-order valence-corrected chi connectivity index (χ3v) is 8.50. The highest BCUT2D eigenvalue weighted by atomic mass is 127. The Bertz CT molecular complexity index is 1350. The Labute approximate surface area is 275 Å². The largest absolute Gasteiger partial charge is 0.493 e. The SMILES string of the molecule is C=CCCCCC(=O)N(Cc1ccc(Cl)c(Cl)c1)C1CC(C(=O)NCCO)=CC(Oc2c(I)cc(C=O)cc2OC)C1O. The molecule has 2 aromatic carbocycles. The third-order valence-electron chi connectivity index (χ3n) is 6.96. The molecule has 0 heterocycles. The molecule has 1 aliphatic rings. The van der Waals surface area contributed by atoms with Crippen molar-refractivity contribution in [2.75, 3.05) is 20.3 Å². The van der Waals surface area contributed by atoms with E-state index in [1.807, 2.05) is 22.6 Å². The van der Waals surface area contributed by atoms with E-state index in [0.29, 0.717) is 37.4 Å². The predicted octanol–water partition coefficient (Wildman–Crippen LogP) is 5.11. The van der Waals surface area contributed by atoms with Gasteiger partial charge in [0.05, 0.1) is 33.4 Å². The molecule has 0 saturated heterocycles. The summed E-state index contributed by atoms with van der Waals surface area (Å²) in [5.74, 6) is -0.117. The summed E-state index contributed by atoms with van der Waals surface area (Å²) in [4.78, 5) is 39.8. The number of unbranched alkanes of at least 4 members (excludes halogenated alkanes) is 2. The predicted molar refractivity (Wildman–Crippen MR) is 174 cm³/mol. The second kappa shape index (κ2) is 17.0. The molecule has 2 aromatic rings. The Kier molecular flexibility index (Phi) is 13.8. The fraction of sp³-hybridized carbons (Fsp3) is 0.387. The summed E-state index contributed by atoms with van der Waals surface area (Å²) in [6, 6.07) is 7.32. The number of nitrogens with zero attached hydrogens (tertiary/aromatic N) is 1. The number of aliphatic hydroxyl groups excluding tert-OH is 2. The van der Waals surface area contributed by atoms with Crippen LogP contribution in [0.1, 0.15) is 48.0 Å². The summed E-state index contributed by atoms with van der Waals surface area (Å²) >= 11 is 14.4. The van der Waals surface area contributed by atoms with E-state index in [0.717, 1.165) is 12.8 Å². The Morgan fingerprint density at radius 2 is 1.98 bits per heavy atom. The van der Waals surface area contributed by atoms with Gasteiger partial charge in [0.15, 0.2) is 11.5 Å². The lowest BCUT2D eigenvalue weighted by atomic mass is 9.87. The topological polar surface area (TPSA) is 125 Å². The van der Waals surface area contributed by atoms with Crippen LogP contribution in [0.15, 0.2) is 54.6 Å². The molecule has 12 heteroatoms. The van der Waals surface area contributed by atoms with E-state index in [1.54, 1.807) is 35.2 Å². The molecule has 3 atom stereocenters. The van der Waals surface area contributed by atoms with Crippen LogP contribution in [0.4, 0.5) is 0 Å². The first kappa shape index (κ1) is 34.8. The van der Waals surface area contributed by atoms with Crippen molar-refractivity contribution >= 4 is 63.9 Å². The molecule has 232 valence electrons. The number of carbonyl (C=O) groups is 3. The number of halogens is 3. The lowest BCUT2D eigenvalue weighted by Crippen LogP contribution is -2.54. The van der Waals surface area contributed by atoms with Crippen LogP contribution in [0.25, 0.3) is 0 Å². The zero-order valence-corrected chi connectivity index (χ0v) is 27.4. The number of aldehydes is 1. The number of hydrogen-bond acceptors (Lipinski definition) is 7. The first-order valence-electron chi connectivity index (χ1n) is 13.7. The molecule has 1 aliphatic carbocycles. The van der Waals surface area contributed by atoms with Crippen LogP contribution in [-0.4, -0.2) is 71.7 Å². The van der Waals surface area contributed by atoms with Gasteiger partial charge >= 0.3 is 0 Å². The molecule has 0 aliphatic heterocycles. The van der Waals surface area contributed by atoms with Gasteiger partial charge in [-0.1, -0.05) is 35.3 Å². The average Bonchev–Trinajstić information content (AvgIpc) is 3.00. The number of hydrogen-bond donors (Lipinski definition) is 3. The monoisotopic (exact) mass is 744 g/mol. The summed E-state index contributed by atoms with van der Waals surface area (Å²) in [6.45, 7) is 3.61. The van der Waals surface area contributed by atoms with E-state index in [-0.39, 0.29) is 55.5 Å². The van der Waals surface area contributed by atoms with Crippen molar-refractivity contribution < 1.29 is 34.1 Å². The fourth-order valence-corrected chi connectivity index (χ4v) is 5.84. The van der Waals surface area contributed by atoms with E-state index >= 15 is 0 Å². The van der Waals surface area contributed by atoms with E-state index in [2.05, 4.69) is 11.9 Å². The number of methoxy groups -OCH3 is 1. The molecule has 9 nitrogen and oxygen atoms in total. The van der Waals surface area contributed by atoms with Crippen molar-refractivity contribution in [2.24, 2.45) is 0 Å². The zero-order valence-electron chi connectivity index (χ0n) is 23.7. The lowest BCUT2D eigenvalue weighted by molar-refractivity contribution is -0.139. The molecule has 3 N–H and O–H groups in total. The number of rotatable bonds is 15. The number of nitrogens with one attached hydrogen (secondary N) is 1. The summed E-state index contributed by atoms with van der Waals surface area (Å²) in [6.07, 6.45) is 4.10. The van der Waals surface area contributed by atoms with Crippen LogP contribution in [0.3, 0.4) is 0 Å². The van der Waals surface area contributed by atoms with E-state index in [1.165, 1.54) is 19.3 Å². The smallest absolute Gasteiger partial charge is 0.247 e. The number of benzene rings is 2. The molecule has 2 amide bonds. The summed E-state index contributed by atoms with van der Waals surface area (Å²) in [7, 11) is 1.43. The maximum Gasteiger partial charge on any atom is 0.247 e. The number of aliphatic hydroxyl groups is 2. The van der Waals surface area contributed by atoms with Crippen molar-refractivity contribution in [3.63, 3.8) is 0 Å². The second-order valence-electron chi connectivity index (χ2n) is 9.97. The standard InChI is InChI=1S/C31H35Cl2IN2O7/c1-3-4-5-6-7-28(39)36(17-19-8-9-22(32)23(33)12-19)25-15-21(31(41)35-10-11-37)16-26(29(25)40)43-30-24(34)13-20(18-38)14-27(30)42-2/h3,8-9,12-14,16,18,25-26,29,37,40H,1,4-7,10-11,15,17H2,2H3,(H,35,41). The Hall–Kier alpha value is -2.64. The van der Waals surface area contributed by atoms with Crippen molar-refractivity contribution in [2.45, 2.75) is 56.9 Å². The van der Waals surface area contributed by atoms with Gasteiger partial charge in [0.1, 0.15) is 18.5 Å². The maximum absolute atomic E-state index is 13.7. The molecule has 0 radical (unpaired) electrons. The normalized spacial score (nSPS) is 17.9. The summed E-state index contributed by atoms with van der Waals surface area (Å²) < 4.78 is 12.3. The van der Waals surface area contributed by atoms with Gasteiger partial charge in [-0.3, -0.25) is 14.4 Å². The highest BCUT2D eigenvalue weighted by molar-refractivity contribution is 14.1. The van der Waals surface area contributed by atoms with Crippen LogP contribution in [0.5, 0.6) is 11.5 Å². The molecule has 0 saturated carbocycles. The van der Waals surface area contributed by atoms with E-state index in [4.69, 9.17) is 32.7 Å². The molecular formula is C31H35Cl2IN2O7. The van der Waals surface area contributed by atoms with Crippen LogP contribution in [0, 0.1) is 3.57 Å². The molecule has 0 spiro atoms. The summed E-state index contributed by atoms with van der Waals surface area (Å²) in [5, 5.41) is 24.3. The van der Waals surface area contributed by atoms with Gasteiger partial charge in [0, 0.05) is 37.1 Å². The maximum atomic E-state index is 13.7. The van der Waals surface area contributed by atoms with Crippen LogP contribution in [0.2, 0.25) is 10.0 Å². The second-order valence-corrected chi connectivity index (χ2v) is 11.9. The van der Waals surface area contributed by atoms with Gasteiger partial charge in [0.25, 0.3) is 0 Å². The van der Waals surface area contributed by atoms with Gasteiger partial charge in [-0.05, 0) is 77.8 Å². The molecule has 0 fully saturated rings. The molecule has 3 rings (SSSR count). The van der Waals surface area contributed by atoms with Gasteiger partial charge in [-0.25, -0.2) is 0 Å². The van der Waals surface area contributed by atoms with Crippen molar-refractivity contribution in [3.05, 3.63) is 79.4 Å². The van der Waals surface area contributed by atoms with Crippen molar-refractivity contribution in [1.29, 1.82) is 0 Å². The minimum atomic E-state index is -1.25. The first-order chi connectivity index (χ1) is 20.6. The summed E-state index contributed by atoms with van der Waals surface area (Å²) in [5.41, 5.74) is 1.36. The van der Waals surface area contributed by atoms with Gasteiger partial charge in [-0.2, -0.15) is 0 Å².